The van der Waals surface area contributed by atoms with E-state index in [1.54, 1.807) is 18.2 Å². The van der Waals surface area contributed by atoms with Gasteiger partial charge in [0.1, 0.15) is 0 Å². The Kier molecular flexibility index (Phi) is 4.72. The van der Waals surface area contributed by atoms with Gasteiger partial charge in [0.05, 0.1) is 0 Å². The number of sulfonamides is 1. The molecule has 0 atom stereocenters. The molecule has 0 saturated carbocycles. The van der Waals surface area contributed by atoms with Gasteiger partial charge in [-0.3, -0.25) is 0 Å². The summed E-state index contributed by atoms with van der Waals surface area (Å²) in [6, 6.07) is 9.17. The van der Waals surface area contributed by atoms with E-state index in [-0.39, 0.29) is 23.8 Å². The van der Waals surface area contributed by atoms with Gasteiger partial charge in [-0.15, -0.1) is 0 Å². The third-order valence-electron chi connectivity index (χ3n) is 1.44. The van der Waals surface area contributed by atoms with Crippen molar-refractivity contribution in [2.45, 2.75) is 4.90 Å². The van der Waals surface area contributed by atoms with Crippen LogP contribution in [0.15, 0.2) is 29.2 Å². The van der Waals surface area contributed by atoms with Crippen LogP contribution in [0.5, 0.6) is 0 Å². The largest absolute Gasteiger partial charge is 1.00 e. The van der Waals surface area contributed by atoms with Crippen LogP contribution in [0, 0.1) is 6.07 Å². The van der Waals surface area contributed by atoms with Crippen molar-refractivity contribution in [3.63, 3.8) is 0 Å². The Hall–Kier alpha value is -0.273. The minimum atomic E-state index is -3.30. The van der Waals surface area contributed by atoms with Gasteiger partial charge in [0.2, 0.25) is 10.0 Å². The molecule has 1 aromatic carbocycles. The van der Waals surface area contributed by atoms with Gasteiger partial charge in [-0.25, -0.2) is 12.7 Å². The van der Waals surface area contributed by atoms with Crippen molar-refractivity contribution in [2.75, 3.05) is 14.1 Å². The minimum absolute atomic E-state index is 0. The molecule has 13 heavy (non-hydrogen) atoms. The first-order valence-corrected chi connectivity index (χ1v) is 4.88. The van der Waals surface area contributed by atoms with Crippen molar-refractivity contribution in [3.05, 3.63) is 30.3 Å². The van der Waals surface area contributed by atoms with E-state index >= 15 is 0 Å². The molecule has 1 rings (SSSR count). The van der Waals surface area contributed by atoms with E-state index in [9.17, 15) is 8.42 Å². The van der Waals surface area contributed by atoms with Crippen LogP contribution in [0.4, 0.5) is 0 Å². The van der Waals surface area contributed by atoms with Crippen LogP contribution < -0.4 is 18.9 Å². The summed E-state index contributed by atoms with van der Waals surface area (Å²) in [5, 5.41) is 0. The van der Waals surface area contributed by atoms with E-state index in [1.807, 2.05) is 0 Å². The topological polar surface area (TPSA) is 37.4 Å². The second-order valence-electron chi connectivity index (χ2n) is 2.51. The van der Waals surface area contributed by atoms with Crippen LogP contribution in [-0.2, 0) is 10.0 Å². The molecule has 0 unspecified atom stereocenters. The van der Waals surface area contributed by atoms with Gasteiger partial charge < -0.3 is 0 Å². The first-order valence-electron chi connectivity index (χ1n) is 3.44. The fraction of sp³-hybridized carbons (Fsp3) is 0.250. The summed E-state index contributed by atoms with van der Waals surface area (Å²) in [4.78, 5) is 0.204. The van der Waals surface area contributed by atoms with Gasteiger partial charge >= 0.3 is 18.9 Å². The predicted molar refractivity (Wildman–Crippen MR) is 46.2 cm³/mol. The average Bonchev–Trinajstić information content (AvgIpc) is 2.06. The summed E-state index contributed by atoms with van der Waals surface area (Å²) in [6.45, 7) is 0. The first kappa shape index (κ1) is 12.7. The third kappa shape index (κ3) is 2.85. The Morgan fingerprint density at radius 2 is 1.92 bits per heavy atom. The summed E-state index contributed by atoms with van der Waals surface area (Å²) < 4.78 is 24.0. The van der Waals surface area contributed by atoms with Gasteiger partial charge in [-0.1, -0.05) is 0 Å². The molecule has 0 amide bonds. The Labute approximate surface area is 91.0 Å². The Morgan fingerprint density at radius 3 is 2.31 bits per heavy atom. The Bertz CT molecular complexity index is 348. The molecule has 0 aromatic heterocycles. The minimum Gasteiger partial charge on any atom is -0.209 e. The molecule has 0 fully saturated rings. The number of benzene rings is 1. The number of rotatable bonds is 2. The molecular weight excluding hydrogens is 181 g/mol. The monoisotopic (exact) mass is 191 g/mol. The summed E-state index contributed by atoms with van der Waals surface area (Å²) in [7, 11) is -0.307. The number of nitrogens with zero attached hydrogens (tertiary/aromatic N) is 1. The maximum atomic E-state index is 11.4. The SMILES string of the molecule is CN(C)S(=O)(=O)c1[c-]cccc1.[Li+]. The standard InChI is InChI=1S/C8H10NO2S.Li/c1-9(2)12(10,11)8-6-4-3-5-7-8;/h3-6H,1-2H3;/q-1;+1. The summed E-state index contributed by atoms with van der Waals surface area (Å²) in [6.07, 6.45) is 0. The predicted octanol–water partition coefficient (Wildman–Crippen LogP) is -2.26. The Balaban J connectivity index is 0.00000144. The van der Waals surface area contributed by atoms with Crippen LogP contribution in [0.2, 0.25) is 0 Å². The molecule has 3 nitrogen and oxygen atoms in total. The van der Waals surface area contributed by atoms with Gasteiger partial charge in [-0.05, 0) is 4.90 Å². The molecule has 5 heteroatoms. The molecule has 0 aliphatic carbocycles. The fourth-order valence-corrected chi connectivity index (χ4v) is 1.59. The quantitative estimate of drug-likeness (QED) is 0.391. The van der Waals surface area contributed by atoms with Crippen LogP contribution in [0.3, 0.4) is 0 Å². The normalized spacial score (nSPS) is 11.0. The average molecular weight is 191 g/mol. The molecule has 0 bridgehead atoms. The molecular formula is C8H10LiNO2S. The van der Waals surface area contributed by atoms with Gasteiger partial charge in [-0.2, -0.15) is 30.3 Å². The maximum Gasteiger partial charge on any atom is 1.00 e. The van der Waals surface area contributed by atoms with E-state index in [4.69, 9.17) is 0 Å². The second-order valence-corrected chi connectivity index (χ2v) is 4.63. The van der Waals surface area contributed by atoms with Crippen molar-refractivity contribution < 1.29 is 27.3 Å². The molecule has 0 spiro atoms. The molecule has 0 radical (unpaired) electrons. The Morgan fingerprint density at radius 1 is 1.31 bits per heavy atom. The fourth-order valence-electron chi connectivity index (χ4n) is 0.734. The second kappa shape index (κ2) is 4.82. The number of hydrogen-bond acceptors (Lipinski definition) is 2. The van der Waals surface area contributed by atoms with E-state index in [0.29, 0.717) is 0 Å². The smallest absolute Gasteiger partial charge is 0.209 e. The molecule has 0 aliphatic heterocycles. The van der Waals surface area contributed by atoms with E-state index in [1.165, 1.54) is 24.5 Å². The van der Waals surface area contributed by atoms with Crippen LogP contribution in [0.1, 0.15) is 0 Å². The van der Waals surface area contributed by atoms with E-state index in [0.717, 1.165) is 0 Å². The first-order chi connectivity index (χ1) is 5.55. The molecule has 1 aromatic rings. The number of hydrogen-bond donors (Lipinski definition) is 0. The van der Waals surface area contributed by atoms with Crippen molar-refractivity contribution in [3.8, 4) is 0 Å². The van der Waals surface area contributed by atoms with Crippen molar-refractivity contribution in [1.82, 2.24) is 4.31 Å². The van der Waals surface area contributed by atoms with Crippen molar-refractivity contribution in [2.24, 2.45) is 0 Å². The van der Waals surface area contributed by atoms with Crippen LogP contribution in [0.25, 0.3) is 0 Å². The maximum absolute atomic E-state index is 11.4. The van der Waals surface area contributed by atoms with Gasteiger partial charge in [0.25, 0.3) is 0 Å². The van der Waals surface area contributed by atoms with E-state index < -0.39 is 10.0 Å². The zero-order chi connectivity index (χ0) is 9.19. The zero-order valence-electron chi connectivity index (χ0n) is 7.98. The summed E-state index contributed by atoms with van der Waals surface area (Å²) >= 11 is 0. The molecule has 66 valence electrons. The summed E-state index contributed by atoms with van der Waals surface area (Å²) in [5.74, 6) is 0. The van der Waals surface area contributed by atoms with Crippen LogP contribution >= 0.6 is 0 Å². The third-order valence-corrected chi connectivity index (χ3v) is 3.21. The van der Waals surface area contributed by atoms with Crippen LogP contribution in [-0.4, -0.2) is 26.8 Å². The van der Waals surface area contributed by atoms with Crippen molar-refractivity contribution >= 4 is 10.0 Å². The molecule has 0 N–H and O–H groups in total. The van der Waals surface area contributed by atoms with Gasteiger partial charge in [0, 0.05) is 14.1 Å². The molecule has 0 aliphatic rings. The summed E-state index contributed by atoms with van der Waals surface area (Å²) in [5.41, 5.74) is 0. The molecule has 0 heterocycles. The van der Waals surface area contributed by atoms with E-state index in [2.05, 4.69) is 6.07 Å². The zero-order valence-corrected chi connectivity index (χ0v) is 8.80. The molecule has 0 saturated heterocycles. The van der Waals surface area contributed by atoms with Gasteiger partial charge in [0.15, 0.2) is 0 Å². The van der Waals surface area contributed by atoms with Crippen molar-refractivity contribution in [1.29, 1.82) is 0 Å².